The summed E-state index contributed by atoms with van der Waals surface area (Å²) >= 11 is 0. The fourth-order valence-corrected chi connectivity index (χ4v) is 4.02. The molecule has 0 spiro atoms. The van der Waals surface area contributed by atoms with Crippen LogP contribution in [0, 0.1) is 5.92 Å². The van der Waals surface area contributed by atoms with E-state index in [-0.39, 0.29) is 18.3 Å². The van der Waals surface area contributed by atoms with Crippen molar-refractivity contribution in [1.29, 1.82) is 0 Å². The number of methoxy groups -OCH3 is 1. The van der Waals surface area contributed by atoms with E-state index in [1.165, 1.54) is 20.1 Å². The van der Waals surface area contributed by atoms with Crippen molar-refractivity contribution in [3.05, 3.63) is 23.5 Å². The fourth-order valence-electron chi connectivity index (χ4n) is 4.02. The van der Waals surface area contributed by atoms with E-state index < -0.39 is 60.5 Å². The highest BCUT2D eigenvalue weighted by molar-refractivity contribution is 5.89. The van der Waals surface area contributed by atoms with Gasteiger partial charge in [-0.2, -0.15) is 18.2 Å². The Hall–Kier alpha value is -1.66. The monoisotopic (exact) mass is 406 g/mol. The number of halogens is 3. The molecule has 1 unspecified atom stereocenters. The number of aliphatic imine (C=N–C) groups is 1. The fraction of sp³-hybridized carbons (Fsp3) is 0.706. The van der Waals surface area contributed by atoms with Crippen LogP contribution < -0.4 is 5.32 Å². The minimum atomic E-state index is -4.63. The van der Waals surface area contributed by atoms with E-state index in [9.17, 15) is 23.4 Å². The molecule has 0 saturated carbocycles. The Morgan fingerprint density at radius 3 is 2.82 bits per heavy atom. The predicted octanol–water partition coefficient (Wildman–Crippen LogP) is 0.215. The molecule has 28 heavy (non-hydrogen) atoms. The summed E-state index contributed by atoms with van der Waals surface area (Å²) in [6.07, 6.45) is -6.59. The lowest BCUT2D eigenvalue weighted by molar-refractivity contribution is -0.253. The maximum Gasteiger partial charge on any atom is 0.413 e. The second-order valence-electron chi connectivity index (χ2n) is 7.27. The highest BCUT2D eigenvalue weighted by Gasteiger charge is 2.61. The number of ether oxygens (including phenoxy) is 4. The maximum absolute atomic E-state index is 13.7. The van der Waals surface area contributed by atoms with E-state index in [1.807, 2.05) is 0 Å². The van der Waals surface area contributed by atoms with Crippen molar-refractivity contribution in [2.45, 2.75) is 49.3 Å². The van der Waals surface area contributed by atoms with Crippen molar-refractivity contribution in [2.24, 2.45) is 10.9 Å². The van der Waals surface area contributed by atoms with Crippen molar-refractivity contribution in [1.82, 2.24) is 5.32 Å². The molecule has 11 heteroatoms. The van der Waals surface area contributed by atoms with E-state index in [0.717, 1.165) is 6.08 Å². The smallest absolute Gasteiger partial charge is 0.413 e. The van der Waals surface area contributed by atoms with Crippen LogP contribution in [0.3, 0.4) is 0 Å². The van der Waals surface area contributed by atoms with Crippen LogP contribution in [0.5, 0.6) is 0 Å². The number of nitrogens with one attached hydrogen (secondary N) is 1. The first-order valence-corrected chi connectivity index (χ1v) is 8.82. The van der Waals surface area contributed by atoms with Crippen LogP contribution in [0.1, 0.15) is 6.92 Å². The Labute approximate surface area is 158 Å². The maximum atomic E-state index is 13.7. The summed E-state index contributed by atoms with van der Waals surface area (Å²) in [5, 5.41) is 23.4. The van der Waals surface area contributed by atoms with Gasteiger partial charge in [0.15, 0.2) is 6.29 Å². The van der Waals surface area contributed by atoms with Gasteiger partial charge in [0.25, 0.3) is 0 Å². The molecule has 0 aromatic heterocycles. The Bertz CT molecular complexity index is 739. The molecule has 156 valence electrons. The van der Waals surface area contributed by atoms with E-state index in [1.54, 1.807) is 0 Å². The predicted molar refractivity (Wildman–Crippen MR) is 88.1 cm³/mol. The third-order valence-corrected chi connectivity index (χ3v) is 5.54. The van der Waals surface area contributed by atoms with Gasteiger partial charge in [-0.3, -0.25) is 0 Å². The van der Waals surface area contributed by atoms with Gasteiger partial charge in [-0.25, -0.2) is 0 Å². The average Bonchev–Trinajstić information content (AvgIpc) is 2.92. The zero-order valence-corrected chi connectivity index (χ0v) is 15.1. The number of hydrogen-bond donors (Lipinski definition) is 3. The molecule has 4 heterocycles. The molecule has 0 aliphatic carbocycles. The lowest BCUT2D eigenvalue weighted by atomic mass is 9.86. The van der Waals surface area contributed by atoms with Crippen LogP contribution in [-0.4, -0.2) is 78.9 Å². The van der Waals surface area contributed by atoms with Gasteiger partial charge in [0.2, 0.25) is 5.90 Å². The summed E-state index contributed by atoms with van der Waals surface area (Å²) < 4.78 is 63.1. The lowest BCUT2D eigenvalue weighted by Crippen LogP contribution is -2.67. The molecule has 4 aliphatic heterocycles. The van der Waals surface area contributed by atoms with Gasteiger partial charge in [0.1, 0.15) is 29.7 Å². The highest BCUT2D eigenvalue weighted by atomic mass is 19.4. The molecule has 0 aromatic rings. The Balaban J connectivity index is 1.76. The molecular formula is C17H21F3N2O6. The summed E-state index contributed by atoms with van der Waals surface area (Å²) in [7, 11) is 1.23. The van der Waals surface area contributed by atoms with E-state index in [2.05, 4.69) is 10.3 Å². The number of aliphatic hydroxyl groups is 2. The molecule has 7 atom stereocenters. The second kappa shape index (κ2) is 6.70. The molecule has 0 aromatic carbocycles. The van der Waals surface area contributed by atoms with Crippen molar-refractivity contribution in [3.8, 4) is 0 Å². The summed E-state index contributed by atoms with van der Waals surface area (Å²) in [6.45, 7) is 0.914. The first-order valence-electron chi connectivity index (χ1n) is 8.82. The van der Waals surface area contributed by atoms with Crippen LogP contribution in [-0.2, 0) is 18.9 Å². The Morgan fingerprint density at radius 2 is 2.18 bits per heavy atom. The summed E-state index contributed by atoms with van der Waals surface area (Å²) in [4.78, 5) is 4.12. The van der Waals surface area contributed by atoms with Gasteiger partial charge in [-0.05, 0) is 13.0 Å². The van der Waals surface area contributed by atoms with Crippen molar-refractivity contribution in [2.75, 3.05) is 20.3 Å². The SMILES string of the molecule is COC1=NC2=CC(C(C(F)(F)F)=C1)[C@H](C)O[C@@H]1[C@@H](N2)[C@H]2OC[C@](CO)(O2)[C@@H]1O. The molecular weight excluding hydrogens is 385 g/mol. The molecule has 2 saturated heterocycles. The van der Waals surface area contributed by atoms with Crippen LogP contribution in [0.2, 0.25) is 0 Å². The van der Waals surface area contributed by atoms with Crippen molar-refractivity contribution < 1.29 is 42.3 Å². The molecule has 4 aliphatic rings. The number of nitrogens with zero attached hydrogens (tertiary/aromatic N) is 1. The van der Waals surface area contributed by atoms with Gasteiger partial charge >= 0.3 is 6.18 Å². The van der Waals surface area contributed by atoms with Crippen molar-refractivity contribution >= 4 is 5.90 Å². The average molecular weight is 406 g/mol. The van der Waals surface area contributed by atoms with Crippen LogP contribution in [0.25, 0.3) is 0 Å². The van der Waals surface area contributed by atoms with Crippen LogP contribution >= 0.6 is 0 Å². The van der Waals surface area contributed by atoms with Crippen molar-refractivity contribution in [3.63, 3.8) is 0 Å². The van der Waals surface area contributed by atoms with E-state index in [4.69, 9.17) is 18.9 Å². The van der Waals surface area contributed by atoms with E-state index in [0.29, 0.717) is 0 Å². The first kappa shape index (κ1) is 19.6. The molecule has 2 fully saturated rings. The number of fused-ring (bicyclic) bond motifs is 5. The summed E-state index contributed by atoms with van der Waals surface area (Å²) in [5.74, 6) is -1.27. The Morgan fingerprint density at radius 1 is 1.43 bits per heavy atom. The third kappa shape index (κ3) is 3.01. The molecule has 8 nitrogen and oxygen atoms in total. The van der Waals surface area contributed by atoms with Gasteiger partial charge in [-0.1, -0.05) is 0 Å². The number of hydrogen-bond acceptors (Lipinski definition) is 8. The largest absolute Gasteiger partial charge is 0.481 e. The molecule has 4 bridgehead atoms. The van der Waals surface area contributed by atoms with Gasteiger partial charge in [0, 0.05) is 17.6 Å². The van der Waals surface area contributed by atoms with Gasteiger partial charge in [0.05, 0.1) is 26.4 Å². The number of aliphatic hydroxyl groups excluding tert-OH is 2. The zero-order chi connectivity index (χ0) is 20.3. The summed E-state index contributed by atoms with van der Waals surface area (Å²) in [6, 6.07) is -0.749. The minimum absolute atomic E-state index is 0.0650. The normalized spacial score (nSPS) is 42.8. The van der Waals surface area contributed by atoms with Gasteiger partial charge < -0.3 is 34.5 Å². The topological polar surface area (TPSA) is 102 Å². The molecule has 0 amide bonds. The number of rotatable bonds is 1. The third-order valence-electron chi connectivity index (χ3n) is 5.54. The summed E-state index contributed by atoms with van der Waals surface area (Å²) in [5.41, 5.74) is -2.25. The Kier molecular flexibility index (Phi) is 4.70. The standard InChI is InChI=1S/C17H21F3N2O6/c1-7-8-3-10(21-11(25-2)4-9(8)17(18,19)20)22-12-13(27-7)14(24)16(5-23)6-26-15(12)28-16/h3-4,7-8,12-15,22-24H,5-6H2,1-2H3/t7-,8?,12+,13+,14+,15-,16-/m0/s1. The molecule has 0 radical (unpaired) electrons. The molecule has 3 N–H and O–H groups in total. The van der Waals surface area contributed by atoms with Crippen LogP contribution in [0.15, 0.2) is 28.5 Å². The van der Waals surface area contributed by atoms with Gasteiger partial charge in [-0.15, -0.1) is 0 Å². The zero-order valence-electron chi connectivity index (χ0n) is 15.1. The van der Waals surface area contributed by atoms with Crippen LogP contribution in [0.4, 0.5) is 13.2 Å². The molecule has 4 rings (SSSR count). The lowest BCUT2D eigenvalue weighted by Gasteiger charge is -2.46. The first-order chi connectivity index (χ1) is 13.2. The number of alkyl halides is 3. The highest BCUT2D eigenvalue weighted by Crippen LogP contribution is 2.42. The second-order valence-corrected chi connectivity index (χ2v) is 7.27. The minimum Gasteiger partial charge on any atom is -0.481 e. The van der Waals surface area contributed by atoms with E-state index >= 15 is 0 Å². The quantitative estimate of drug-likeness (QED) is 0.573.